The molecule has 1 N–H and O–H groups in total. The summed E-state index contributed by atoms with van der Waals surface area (Å²) >= 11 is 0. The molecule has 1 amide bonds. The Bertz CT molecular complexity index is 911. The van der Waals surface area contributed by atoms with Gasteiger partial charge >= 0.3 is 0 Å². The summed E-state index contributed by atoms with van der Waals surface area (Å²) in [4.78, 5) is 12.8. The summed E-state index contributed by atoms with van der Waals surface area (Å²) in [5, 5.41) is 3.78. The van der Waals surface area contributed by atoms with Gasteiger partial charge < -0.3 is 9.88 Å². The van der Waals surface area contributed by atoms with Crippen LogP contribution in [0.5, 0.6) is 0 Å². The number of anilines is 1. The largest absolute Gasteiger partial charge is 0.337 e. The van der Waals surface area contributed by atoms with Crippen molar-refractivity contribution >= 4 is 22.5 Å². The molecule has 3 nitrogen and oxygen atoms in total. The number of benzene rings is 2. The Balaban J connectivity index is 2.09. The van der Waals surface area contributed by atoms with E-state index in [4.69, 9.17) is 0 Å². The Morgan fingerprint density at radius 3 is 2.58 bits per heavy atom. The third kappa shape index (κ3) is 2.68. The van der Waals surface area contributed by atoms with E-state index in [2.05, 4.69) is 30.4 Å². The summed E-state index contributed by atoms with van der Waals surface area (Å²) in [6, 6.07) is 12.5. The van der Waals surface area contributed by atoms with E-state index in [0.717, 1.165) is 22.9 Å². The lowest BCUT2D eigenvalue weighted by molar-refractivity contribution is 0.101. The van der Waals surface area contributed by atoms with Crippen LogP contribution >= 0.6 is 0 Å². The first kappa shape index (κ1) is 16.2. The number of carbonyl (C=O) groups excluding carboxylic acids is 1. The average Bonchev–Trinajstić information content (AvgIpc) is 2.88. The normalized spacial score (nSPS) is 11.0. The lowest BCUT2D eigenvalue weighted by Crippen LogP contribution is -2.18. The summed E-state index contributed by atoms with van der Waals surface area (Å²) in [7, 11) is 0. The highest BCUT2D eigenvalue weighted by atomic mass is 19.1. The highest BCUT2D eigenvalue weighted by Crippen LogP contribution is 2.28. The third-order valence-corrected chi connectivity index (χ3v) is 4.44. The number of hydrogen-bond acceptors (Lipinski definition) is 1. The summed E-state index contributed by atoms with van der Waals surface area (Å²) < 4.78 is 15.8. The number of nitrogens with one attached hydrogen (secondary N) is 1. The zero-order valence-corrected chi connectivity index (χ0v) is 14.2. The van der Waals surface area contributed by atoms with Crippen molar-refractivity contribution in [1.29, 1.82) is 0 Å². The molecule has 0 aliphatic heterocycles. The fraction of sp³-hybridized carbons (Fsp3) is 0.250. The van der Waals surface area contributed by atoms with Crippen LogP contribution in [0.25, 0.3) is 10.9 Å². The van der Waals surface area contributed by atoms with Crippen molar-refractivity contribution in [3.63, 3.8) is 0 Å². The summed E-state index contributed by atoms with van der Waals surface area (Å²) in [6.07, 6.45) is 0.948. The van der Waals surface area contributed by atoms with Crippen molar-refractivity contribution in [3.05, 3.63) is 65.1 Å². The van der Waals surface area contributed by atoms with Crippen LogP contribution in [-0.4, -0.2) is 10.5 Å². The van der Waals surface area contributed by atoms with E-state index in [1.807, 2.05) is 18.4 Å². The number of aryl methyl sites for hydroxylation is 3. The minimum atomic E-state index is -0.434. The molecular formula is C20H21FN2O. The Morgan fingerprint density at radius 1 is 1.17 bits per heavy atom. The minimum Gasteiger partial charge on any atom is -0.337 e. The van der Waals surface area contributed by atoms with Crippen LogP contribution in [-0.2, 0) is 13.0 Å². The number of nitrogens with zero attached hydrogens (tertiary/aromatic N) is 1. The van der Waals surface area contributed by atoms with E-state index >= 15 is 0 Å². The van der Waals surface area contributed by atoms with Crippen LogP contribution < -0.4 is 5.32 Å². The van der Waals surface area contributed by atoms with Crippen molar-refractivity contribution in [2.45, 2.75) is 33.7 Å². The maximum atomic E-state index is 13.8. The number of rotatable bonds is 4. The highest BCUT2D eigenvalue weighted by molar-refractivity contribution is 6.08. The van der Waals surface area contributed by atoms with E-state index in [1.165, 1.54) is 11.6 Å². The first-order valence-electron chi connectivity index (χ1n) is 8.24. The molecule has 3 aromatic rings. The van der Waals surface area contributed by atoms with Gasteiger partial charge in [-0.3, -0.25) is 4.79 Å². The maximum Gasteiger partial charge on any atom is 0.272 e. The highest BCUT2D eigenvalue weighted by Gasteiger charge is 2.20. The molecule has 3 rings (SSSR count). The SMILES string of the molecule is CCc1ccc2c(c1)c(C)c(C(=O)Nc1ccccc1F)n2CC. The molecule has 0 fully saturated rings. The maximum absolute atomic E-state index is 13.8. The van der Waals surface area contributed by atoms with Crippen LogP contribution in [0.15, 0.2) is 42.5 Å². The Hall–Kier alpha value is -2.62. The molecule has 0 aliphatic rings. The molecule has 0 bridgehead atoms. The van der Waals surface area contributed by atoms with Gasteiger partial charge in [0.2, 0.25) is 0 Å². The lowest BCUT2D eigenvalue weighted by Gasteiger charge is -2.10. The summed E-state index contributed by atoms with van der Waals surface area (Å²) in [6.45, 7) is 6.74. The minimum absolute atomic E-state index is 0.198. The molecule has 2 aromatic carbocycles. The van der Waals surface area contributed by atoms with Gasteiger partial charge in [0.25, 0.3) is 5.91 Å². The van der Waals surface area contributed by atoms with Gasteiger partial charge in [-0.2, -0.15) is 0 Å². The standard InChI is InChI=1S/C20H21FN2O/c1-4-14-10-11-18-15(12-14)13(3)19(23(18)5-2)20(24)22-17-9-7-6-8-16(17)21/h6-12H,4-5H2,1-3H3,(H,22,24). The van der Waals surface area contributed by atoms with Gasteiger partial charge in [-0.1, -0.05) is 25.1 Å². The number of amides is 1. The lowest BCUT2D eigenvalue weighted by atomic mass is 10.1. The molecule has 0 atom stereocenters. The van der Waals surface area contributed by atoms with Crippen molar-refractivity contribution in [3.8, 4) is 0 Å². The van der Waals surface area contributed by atoms with Crippen molar-refractivity contribution in [1.82, 2.24) is 4.57 Å². The van der Waals surface area contributed by atoms with Crippen LogP contribution in [0.2, 0.25) is 0 Å². The number of aromatic nitrogens is 1. The molecule has 0 spiro atoms. The second-order valence-electron chi connectivity index (χ2n) is 5.86. The predicted octanol–water partition coefficient (Wildman–Crippen LogP) is 4.92. The number of halogens is 1. The van der Waals surface area contributed by atoms with Crippen molar-refractivity contribution < 1.29 is 9.18 Å². The fourth-order valence-electron chi connectivity index (χ4n) is 3.15. The zero-order chi connectivity index (χ0) is 17.3. The molecule has 0 saturated heterocycles. The quantitative estimate of drug-likeness (QED) is 0.726. The van der Waals surface area contributed by atoms with E-state index in [-0.39, 0.29) is 11.6 Å². The van der Waals surface area contributed by atoms with Crippen LogP contribution in [0.4, 0.5) is 10.1 Å². The third-order valence-electron chi connectivity index (χ3n) is 4.44. The van der Waals surface area contributed by atoms with Gasteiger partial charge in [0, 0.05) is 17.4 Å². The van der Waals surface area contributed by atoms with E-state index < -0.39 is 5.82 Å². The molecular weight excluding hydrogens is 303 g/mol. The second-order valence-corrected chi connectivity index (χ2v) is 5.86. The van der Waals surface area contributed by atoms with Gasteiger partial charge in [0.1, 0.15) is 11.5 Å². The first-order valence-corrected chi connectivity index (χ1v) is 8.24. The molecule has 0 aliphatic carbocycles. The number of hydrogen-bond donors (Lipinski definition) is 1. The average molecular weight is 324 g/mol. The van der Waals surface area contributed by atoms with E-state index in [9.17, 15) is 9.18 Å². The first-order chi connectivity index (χ1) is 11.6. The second kappa shape index (κ2) is 6.48. The Labute approximate surface area is 141 Å². The molecule has 4 heteroatoms. The zero-order valence-electron chi connectivity index (χ0n) is 14.2. The summed E-state index contributed by atoms with van der Waals surface area (Å²) in [5.74, 6) is -0.718. The van der Waals surface area contributed by atoms with Gasteiger partial charge in [0.05, 0.1) is 5.69 Å². The summed E-state index contributed by atoms with van der Waals surface area (Å²) in [5.41, 5.74) is 3.98. The molecule has 24 heavy (non-hydrogen) atoms. The van der Waals surface area contributed by atoms with Gasteiger partial charge in [-0.05, 0) is 55.7 Å². The van der Waals surface area contributed by atoms with E-state index in [0.29, 0.717) is 12.2 Å². The van der Waals surface area contributed by atoms with Crippen molar-refractivity contribution in [2.75, 3.05) is 5.32 Å². The molecule has 0 radical (unpaired) electrons. The smallest absolute Gasteiger partial charge is 0.272 e. The number of fused-ring (bicyclic) bond motifs is 1. The van der Waals surface area contributed by atoms with Gasteiger partial charge in [-0.15, -0.1) is 0 Å². The van der Waals surface area contributed by atoms with Crippen LogP contribution in [0, 0.1) is 12.7 Å². The van der Waals surface area contributed by atoms with Crippen LogP contribution in [0.3, 0.4) is 0 Å². The molecule has 1 aromatic heterocycles. The van der Waals surface area contributed by atoms with Crippen LogP contribution in [0.1, 0.15) is 35.5 Å². The predicted molar refractivity (Wildman–Crippen MR) is 96.1 cm³/mol. The fourth-order valence-corrected chi connectivity index (χ4v) is 3.15. The Morgan fingerprint density at radius 2 is 1.92 bits per heavy atom. The van der Waals surface area contributed by atoms with Crippen molar-refractivity contribution in [2.24, 2.45) is 0 Å². The monoisotopic (exact) mass is 324 g/mol. The van der Waals surface area contributed by atoms with E-state index in [1.54, 1.807) is 18.2 Å². The Kier molecular flexibility index (Phi) is 4.38. The topological polar surface area (TPSA) is 34.0 Å². The molecule has 1 heterocycles. The molecule has 0 unspecified atom stereocenters. The van der Waals surface area contributed by atoms with Gasteiger partial charge in [0.15, 0.2) is 0 Å². The number of carbonyl (C=O) groups is 1. The van der Waals surface area contributed by atoms with Gasteiger partial charge in [-0.25, -0.2) is 4.39 Å². The number of para-hydroxylation sites is 1. The molecule has 0 saturated carbocycles. The molecule has 124 valence electrons.